The van der Waals surface area contributed by atoms with Crippen LogP contribution in [0.5, 0.6) is 0 Å². The Morgan fingerprint density at radius 2 is 1.93 bits per heavy atom. The van der Waals surface area contributed by atoms with Crippen LogP contribution in [0.2, 0.25) is 0 Å². The van der Waals surface area contributed by atoms with Crippen LogP contribution in [0.15, 0.2) is 43.0 Å². The highest BCUT2D eigenvalue weighted by atomic mass is 19.1. The highest BCUT2D eigenvalue weighted by Crippen LogP contribution is 2.25. The fraction of sp³-hybridized carbons (Fsp3) is 0.393. The van der Waals surface area contributed by atoms with Gasteiger partial charge in [-0.25, -0.2) is 9.37 Å². The smallest absolute Gasteiger partial charge is 0.257 e. The molecule has 0 saturated carbocycles. The van der Waals surface area contributed by atoms with Crippen LogP contribution in [-0.4, -0.2) is 91.3 Å². The first-order valence-electron chi connectivity index (χ1n) is 13.2. The molecule has 1 aliphatic rings. The number of aromatic amines is 1. The van der Waals surface area contributed by atoms with Gasteiger partial charge in [-0.05, 0) is 39.0 Å². The molecule has 4 aromatic heterocycles. The highest BCUT2D eigenvalue weighted by molar-refractivity contribution is 6.06. The standard InChI is InChI=1S/C28H34FN9O2/c1-18-23(11-22(14-30-18)33-25(39)16-38-8-7-37(6-5-29)17-28(38,2)3)35-27(40)20-9-19-10-24(34-26(19)31-12-20)21-13-32-36(4)15-21/h9-15H,5-8,16-17H2,1-4H3,(H,31,34)(H,33,39)(H,35,40). The van der Waals surface area contributed by atoms with Gasteiger partial charge in [0.1, 0.15) is 12.3 Å². The summed E-state index contributed by atoms with van der Waals surface area (Å²) in [7, 11) is 1.85. The van der Waals surface area contributed by atoms with Crippen LogP contribution in [0.1, 0.15) is 29.9 Å². The van der Waals surface area contributed by atoms with E-state index in [2.05, 4.69) is 54.3 Å². The Hall–Kier alpha value is -4.16. The molecule has 0 aliphatic carbocycles. The number of rotatable bonds is 8. The van der Waals surface area contributed by atoms with Gasteiger partial charge in [-0.15, -0.1) is 0 Å². The third kappa shape index (κ3) is 6.02. The summed E-state index contributed by atoms with van der Waals surface area (Å²) in [6.07, 6.45) is 6.75. The van der Waals surface area contributed by atoms with Gasteiger partial charge in [0, 0.05) is 62.1 Å². The molecule has 0 bridgehead atoms. The third-order valence-electron chi connectivity index (χ3n) is 7.25. The lowest BCUT2D eigenvalue weighted by atomic mass is 9.98. The molecule has 3 N–H and O–H groups in total. The lowest BCUT2D eigenvalue weighted by molar-refractivity contribution is -0.120. The molecule has 0 aromatic carbocycles. The quantitative estimate of drug-likeness (QED) is 0.309. The number of nitrogens with zero attached hydrogens (tertiary/aromatic N) is 6. The largest absolute Gasteiger partial charge is 0.339 e. The molecular weight excluding hydrogens is 513 g/mol. The van der Waals surface area contributed by atoms with Crippen molar-refractivity contribution in [1.82, 2.24) is 34.5 Å². The van der Waals surface area contributed by atoms with Gasteiger partial charge in [0.05, 0.1) is 47.3 Å². The second-order valence-electron chi connectivity index (χ2n) is 10.8. The van der Waals surface area contributed by atoms with Gasteiger partial charge < -0.3 is 15.6 Å². The Balaban J connectivity index is 1.24. The maximum absolute atomic E-state index is 13.1. The number of pyridine rings is 2. The first-order chi connectivity index (χ1) is 19.1. The number of hydrogen-bond acceptors (Lipinski definition) is 7. The van der Waals surface area contributed by atoms with Gasteiger partial charge in [-0.2, -0.15) is 5.10 Å². The Morgan fingerprint density at radius 3 is 2.65 bits per heavy atom. The number of H-pyrrole nitrogens is 1. The monoisotopic (exact) mass is 547 g/mol. The SMILES string of the molecule is Cc1ncc(NC(=O)CN2CCN(CCF)CC2(C)C)cc1NC(=O)c1cnc2[nH]c(-c3cnn(C)c3)cc2c1. The number of carbonyl (C=O) groups excluding carboxylic acids is 2. The number of nitrogens with one attached hydrogen (secondary N) is 3. The summed E-state index contributed by atoms with van der Waals surface area (Å²) >= 11 is 0. The minimum absolute atomic E-state index is 0.179. The molecule has 5 heterocycles. The first-order valence-corrected chi connectivity index (χ1v) is 13.2. The summed E-state index contributed by atoms with van der Waals surface area (Å²) in [4.78, 5) is 42.2. The van der Waals surface area contributed by atoms with Crippen molar-refractivity contribution < 1.29 is 14.0 Å². The number of anilines is 2. The van der Waals surface area contributed by atoms with Crippen LogP contribution >= 0.6 is 0 Å². The van der Waals surface area contributed by atoms with E-state index in [1.54, 1.807) is 36.1 Å². The van der Waals surface area contributed by atoms with Gasteiger partial charge in [-0.1, -0.05) is 0 Å². The van der Waals surface area contributed by atoms with Gasteiger partial charge in [-0.3, -0.25) is 29.1 Å². The topological polar surface area (TPSA) is 124 Å². The van der Waals surface area contributed by atoms with Crippen molar-refractivity contribution in [2.75, 3.05) is 50.0 Å². The Kier molecular flexibility index (Phi) is 7.63. The van der Waals surface area contributed by atoms with Crippen molar-refractivity contribution in [3.8, 4) is 11.3 Å². The zero-order valence-electron chi connectivity index (χ0n) is 23.2. The molecule has 2 amide bonds. The van der Waals surface area contributed by atoms with Crippen LogP contribution in [-0.2, 0) is 11.8 Å². The summed E-state index contributed by atoms with van der Waals surface area (Å²) in [6.45, 7) is 8.24. The highest BCUT2D eigenvalue weighted by Gasteiger charge is 2.34. The molecule has 0 atom stereocenters. The minimum Gasteiger partial charge on any atom is -0.339 e. The average molecular weight is 548 g/mol. The van der Waals surface area contributed by atoms with Gasteiger partial charge in [0.15, 0.2) is 0 Å². The van der Waals surface area contributed by atoms with E-state index in [4.69, 9.17) is 0 Å². The van der Waals surface area contributed by atoms with E-state index in [0.29, 0.717) is 47.9 Å². The van der Waals surface area contributed by atoms with Crippen LogP contribution in [0.4, 0.5) is 15.8 Å². The van der Waals surface area contributed by atoms with Crippen LogP contribution in [0.3, 0.4) is 0 Å². The molecule has 1 saturated heterocycles. The fourth-order valence-corrected chi connectivity index (χ4v) is 5.05. The number of hydrogen-bond donors (Lipinski definition) is 3. The summed E-state index contributed by atoms with van der Waals surface area (Å²) in [5.74, 6) is -0.513. The number of amides is 2. The Labute approximate surface area is 231 Å². The number of halogens is 1. The molecule has 40 heavy (non-hydrogen) atoms. The lowest BCUT2D eigenvalue weighted by Gasteiger charge is -2.46. The van der Waals surface area contributed by atoms with Gasteiger partial charge in [0.25, 0.3) is 5.91 Å². The molecule has 0 radical (unpaired) electrons. The van der Waals surface area contributed by atoms with Gasteiger partial charge in [0.2, 0.25) is 5.91 Å². The summed E-state index contributed by atoms with van der Waals surface area (Å²) < 4.78 is 14.5. The molecule has 5 rings (SSSR count). The van der Waals surface area contributed by atoms with E-state index in [1.165, 1.54) is 6.20 Å². The van der Waals surface area contributed by atoms with Crippen LogP contribution in [0.25, 0.3) is 22.3 Å². The molecule has 11 nitrogen and oxygen atoms in total. The summed E-state index contributed by atoms with van der Waals surface area (Å²) in [6, 6.07) is 5.41. The molecule has 12 heteroatoms. The van der Waals surface area contributed by atoms with Crippen molar-refractivity contribution in [2.45, 2.75) is 26.3 Å². The normalized spacial score (nSPS) is 15.8. The van der Waals surface area contributed by atoms with E-state index >= 15 is 0 Å². The number of carbonyl (C=O) groups is 2. The molecular formula is C28H34FN9O2. The second kappa shape index (κ2) is 11.1. The zero-order valence-corrected chi connectivity index (χ0v) is 23.2. The van der Waals surface area contributed by atoms with Crippen LogP contribution in [0, 0.1) is 6.92 Å². The second-order valence-corrected chi connectivity index (χ2v) is 10.8. The van der Waals surface area contributed by atoms with E-state index in [0.717, 1.165) is 23.2 Å². The number of aromatic nitrogens is 5. The predicted octanol–water partition coefficient (Wildman–Crippen LogP) is 3.22. The maximum Gasteiger partial charge on any atom is 0.257 e. The van der Waals surface area contributed by atoms with E-state index in [1.807, 2.05) is 19.3 Å². The third-order valence-corrected chi connectivity index (χ3v) is 7.25. The number of alkyl halides is 1. The molecule has 1 aliphatic heterocycles. The van der Waals surface area contributed by atoms with Crippen molar-refractivity contribution in [3.05, 3.63) is 54.2 Å². The summed E-state index contributed by atoms with van der Waals surface area (Å²) in [5, 5.41) is 10.8. The van der Waals surface area contributed by atoms with Crippen LogP contribution < -0.4 is 10.6 Å². The fourth-order valence-electron chi connectivity index (χ4n) is 5.05. The van der Waals surface area contributed by atoms with E-state index < -0.39 is 0 Å². The molecule has 0 unspecified atom stereocenters. The van der Waals surface area contributed by atoms with Crippen molar-refractivity contribution >= 4 is 34.2 Å². The molecule has 4 aromatic rings. The van der Waals surface area contributed by atoms with Crippen molar-refractivity contribution in [3.63, 3.8) is 0 Å². The zero-order chi connectivity index (χ0) is 28.4. The maximum atomic E-state index is 13.1. The Bertz CT molecular complexity index is 1540. The first kappa shape index (κ1) is 27.4. The molecule has 1 fully saturated rings. The van der Waals surface area contributed by atoms with E-state index in [-0.39, 0.29) is 30.6 Å². The van der Waals surface area contributed by atoms with Crippen molar-refractivity contribution in [1.29, 1.82) is 0 Å². The Morgan fingerprint density at radius 1 is 1.10 bits per heavy atom. The molecule has 0 spiro atoms. The van der Waals surface area contributed by atoms with Crippen molar-refractivity contribution in [2.24, 2.45) is 7.05 Å². The summed E-state index contributed by atoms with van der Waals surface area (Å²) in [5.41, 5.74) is 4.19. The average Bonchev–Trinajstić information content (AvgIpc) is 3.53. The van der Waals surface area contributed by atoms with Gasteiger partial charge >= 0.3 is 0 Å². The molecule has 210 valence electrons. The minimum atomic E-state index is -0.375. The van der Waals surface area contributed by atoms with E-state index in [9.17, 15) is 14.0 Å². The number of fused-ring (bicyclic) bond motifs is 1. The lowest BCUT2D eigenvalue weighted by Crippen LogP contribution is -2.60. The number of piperazine rings is 1. The number of aryl methyl sites for hydroxylation is 2. The predicted molar refractivity (Wildman–Crippen MR) is 152 cm³/mol.